The normalized spacial score (nSPS) is 22.0. The van der Waals surface area contributed by atoms with Crippen molar-refractivity contribution in [3.63, 3.8) is 0 Å². The van der Waals surface area contributed by atoms with Crippen LogP contribution in [0.2, 0.25) is 0 Å². The molecule has 1 aromatic carbocycles. The average molecular weight is 392 g/mol. The van der Waals surface area contributed by atoms with Crippen molar-refractivity contribution in [2.24, 2.45) is 11.8 Å². The molecule has 148 valence electrons. The van der Waals surface area contributed by atoms with Gasteiger partial charge in [-0.2, -0.15) is 0 Å². The Balaban J connectivity index is 1.55. The van der Waals surface area contributed by atoms with Gasteiger partial charge in [-0.25, -0.2) is 13.6 Å². The van der Waals surface area contributed by atoms with Crippen molar-refractivity contribution in [1.29, 1.82) is 0 Å². The van der Waals surface area contributed by atoms with Gasteiger partial charge in [-0.1, -0.05) is 12.2 Å². The molecule has 1 aliphatic heterocycles. The van der Waals surface area contributed by atoms with Crippen LogP contribution in [0.15, 0.2) is 30.4 Å². The van der Waals surface area contributed by atoms with Crippen LogP contribution in [-0.4, -0.2) is 41.2 Å². The SMILES string of the molecule is C[C@@H](C(=O)OCC(=O)Nc1ccc(F)c(F)c1)N1C(=O)[C@H]2CC=CC[C@@H]2C1=O. The lowest BCUT2D eigenvalue weighted by atomic mass is 9.85. The van der Waals surface area contributed by atoms with Crippen LogP contribution >= 0.6 is 0 Å². The minimum absolute atomic E-state index is 0.00512. The summed E-state index contributed by atoms with van der Waals surface area (Å²) in [6, 6.07) is 1.62. The highest BCUT2D eigenvalue weighted by Crippen LogP contribution is 2.36. The van der Waals surface area contributed by atoms with Crippen LogP contribution in [0.4, 0.5) is 14.5 Å². The summed E-state index contributed by atoms with van der Waals surface area (Å²) in [5.41, 5.74) is -0.00512. The lowest BCUT2D eigenvalue weighted by Crippen LogP contribution is -2.45. The lowest BCUT2D eigenvalue weighted by Gasteiger charge is -2.21. The minimum Gasteiger partial charge on any atom is -0.454 e. The first-order chi connectivity index (χ1) is 13.3. The van der Waals surface area contributed by atoms with Crippen molar-refractivity contribution < 1.29 is 32.7 Å². The fourth-order valence-corrected chi connectivity index (χ4v) is 3.34. The van der Waals surface area contributed by atoms with Crippen LogP contribution in [0.5, 0.6) is 0 Å². The van der Waals surface area contributed by atoms with Crippen LogP contribution in [-0.2, 0) is 23.9 Å². The number of rotatable bonds is 5. The molecule has 1 N–H and O–H groups in total. The van der Waals surface area contributed by atoms with E-state index >= 15 is 0 Å². The van der Waals surface area contributed by atoms with Gasteiger partial charge in [0.05, 0.1) is 11.8 Å². The smallest absolute Gasteiger partial charge is 0.329 e. The maximum atomic E-state index is 13.1. The van der Waals surface area contributed by atoms with Gasteiger partial charge in [0.25, 0.3) is 5.91 Å². The number of nitrogens with one attached hydrogen (secondary N) is 1. The number of carbonyl (C=O) groups is 4. The van der Waals surface area contributed by atoms with E-state index in [0.29, 0.717) is 12.8 Å². The molecule has 1 saturated heterocycles. The molecule has 1 aliphatic carbocycles. The zero-order chi connectivity index (χ0) is 20.4. The molecule has 7 nitrogen and oxygen atoms in total. The number of ether oxygens (including phenoxy) is 1. The molecule has 3 amide bonds. The molecular formula is C19H18F2N2O5. The third kappa shape index (κ3) is 3.78. The summed E-state index contributed by atoms with van der Waals surface area (Å²) < 4.78 is 30.9. The largest absolute Gasteiger partial charge is 0.454 e. The van der Waals surface area contributed by atoms with Gasteiger partial charge in [0.1, 0.15) is 6.04 Å². The van der Waals surface area contributed by atoms with E-state index in [2.05, 4.69) is 5.32 Å². The van der Waals surface area contributed by atoms with Crippen molar-refractivity contribution in [3.8, 4) is 0 Å². The van der Waals surface area contributed by atoms with Crippen LogP contribution in [0.25, 0.3) is 0 Å². The number of amides is 3. The molecule has 0 aromatic heterocycles. The topological polar surface area (TPSA) is 92.8 Å². The van der Waals surface area contributed by atoms with Gasteiger partial charge in [-0.05, 0) is 31.9 Å². The number of benzene rings is 1. The number of nitrogens with zero attached hydrogens (tertiary/aromatic N) is 1. The van der Waals surface area contributed by atoms with E-state index in [-0.39, 0.29) is 5.69 Å². The van der Waals surface area contributed by atoms with Gasteiger partial charge in [-0.3, -0.25) is 19.3 Å². The molecular weight excluding hydrogens is 374 g/mol. The standard InChI is InChI=1S/C19H18F2N2O5/c1-10(23-17(25)12-4-2-3-5-13(12)18(23)26)19(27)28-9-16(24)22-11-6-7-14(20)15(21)8-11/h2-3,6-8,10,12-13H,4-5,9H2,1H3,(H,22,24)/t10-,12-,13-/m0/s1. The molecule has 0 spiro atoms. The zero-order valence-corrected chi connectivity index (χ0v) is 15.0. The number of imide groups is 1. The summed E-state index contributed by atoms with van der Waals surface area (Å²) in [5, 5.41) is 2.25. The van der Waals surface area contributed by atoms with E-state index in [0.717, 1.165) is 23.1 Å². The summed E-state index contributed by atoms with van der Waals surface area (Å²) in [5.74, 6) is -5.66. The van der Waals surface area contributed by atoms with Crippen molar-refractivity contribution in [2.75, 3.05) is 11.9 Å². The Morgan fingerprint density at radius 2 is 1.75 bits per heavy atom. The summed E-state index contributed by atoms with van der Waals surface area (Å²) in [7, 11) is 0. The summed E-state index contributed by atoms with van der Waals surface area (Å²) >= 11 is 0. The second kappa shape index (κ2) is 7.87. The molecule has 1 fully saturated rings. The Morgan fingerprint density at radius 1 is 1.14 bits per heavy atom. The molecule has 2 aliphatic rings. The summed E-state index contributed by atoms with van der Waals surface area (Å²) in [6.45, 7) is 0.656. The Bertz CT molecular complexity index is 844. The Labute approximate surface area is 159 Å². The number of fused-ring (bicyclic) bond motifs is 1. The molecule has 1 heterocycles. The third-order valence-corrected chi connectivity index (χ3v) is 4.82. The van der Waals surface area contributed by atoms with Crippen LogP contribution in [0.1, 0.15) is 19.8 Å². The van der Waals surface area contributed by atoms with E-state index in [1.165, 1.54) is 6.92 Å². The summed E-state index contributed by atoms with van der Waals surface area (Å²) in [4.78, 5) is 49.8. The first-order valence-electron chi connectivity index (χ1n) is 8.73. The fraction of sp³-hybridized carbons (Fsp3) is 0.368. The van der Waals surface area contributed by atoms with E-state index in [4.69, 9.17) is 4.74 Å². The Morgan fingerprint density at radius 3 is 2.32 bits per heavy atom. The molecule has 3 atom stereocenters. The second-order valence-electron chi connectivity index (χ2n) is 6.66. The van der Waals surface area contributed by atoms with E-state index in [9.17, 15) is 28.0 Å². The number of carbonyl (C=O) groups excluding carboxylic acids is 4. The van der Waals surface area contributed by atoms with Gasteiger partial charge in [-0.15, -0.1) is 0 Å². The number of esters is 1. The Hall–Kier alpha value is -3.10. The van der Waals surface area contributed by atoms with Crippen LogP contribution in [0, 0.1) is 23.5 Å². The van der Waals surface area contributed by atoms with E-state index in [1.54, 1.807) is 0 Å². The minimum atomic E-state index is -1.17. The van der Waals surface area contributed by atoms with Gasteiger partial charge in [0.15, 0.2) is 18.2 Å². The van der Waals surface area contributed by atoms with E-state index < -0.39 is 59.8 Å². The highest BCUT2D eigenvalue weighted by Gasteiger charge is 2.50. The number of allylic oxidation sites excluding steroid dienone is 2. The predicted molar refractivity (Wildman–Crippen MR) is 92.6 cm³/mol. The van der Waals surface area contributed by atoms with Crippen molar-refractivity contribution in [3.05, 3.63) is 42.0 Å². The maximum absolute atomic E-state index is 13.1. The highest BCUT2D eigenvalue weighted by atomic mass is 19.2. The third-order valence-electron chi connectivity index (χ3n) is 4.82. The number of likely N-dealkylation sites (tertiary alicyclic amines) is 1. The maximum Gasteiger partial charge on any atom is 0.329 e. The molecule has 0 bridgehead atoms. The van der Waals surface area contributed by atoms with Crippen LogP contribution < -0.4 is 5.32 Å². The molecule has 1 aromatic rings. The van der Waals surface area contributed by atoms with Gasteiger partial charge in [0.2, 0.25) is 11.8 Å². The number of hydrogen-bond donors (Lipinski definition) is 1. The highest BCUT2D eigenvalue weighted by molar-refractivity contribution is 6.08. The molecule has 0 saturated carbocycles. The quantitative estimate of drug-likeness (QED) is 0.469. The lowest BCUT2D eigenvalue weighted by molar-refractivity contribution is -0.159. The number of hydrogen-bond acceptors (Lipinski definition) is 5. The van der Waals surface area contributed by atoms with Crippen LogP contribution in [0.3, 0.4) is 0 Å². The summed E-state index contributed by atoms with van der Waals surface area (Å²) in [6.07, 6.45) is 4.57. The van der Waals surface area contributed by atoms with E-state index in [1.807, 2.05) is 12.2 Å². The first-order valence-corrected chi connectivity index (χ1v) is 8.73. The van der Waals surface area contributed by atoms with Gasteiger partial charge in [0, 0.05) is 11.8 Å². The van der Waals surface area contributed by atoms with Crippen molar-refractivity contribution in [1.82, 2.24) is 4.90 Å². The number of halogens is 2. The average Bonchev–Trinajstić information content (AvgIpc) is 2.93. The van der Waals surface area contributed by atoms with Gasteiger partial charge >= 0.3 is 5.97 Å². The van der Waals surface area contributed by atoms with Crippen molar-refractivity contribution in [2.45, 2.75) is 25.8 Å². The molecule has 9 heteroatoms. The molecule has 0 radical (unpaired) electrons. The number of anilines is 1. The zero-order valence-electron chi connectivity index (χ0n) is 15.0. The predicted octanol–water partition coefficient (Wildman–Crippen LogP) is 1.79. The molecule has 3 rings (SSSR count). The monoisotopic (exact) mass is 392 g/mol. The van der Waals surface area contributed by atoms with Gasteiger partial charge < -0.3 is 10.1 Å². The molecule has 28 heavy (non-hydrogen) atoms. The second-order valence-corrected chi connectivity index (χ2v) is 6.66. The van der Waals surface area contributed by atoms with Crippen molar-refractivity contribution >= 4 is 29.4 Å². The fourth-order valence-electron chi connectivity index (χ4n) is 3.34. The first kappa shape index (κ1) is 19.7. The Kier molecular flexibility index (Phi) is 5.53. The molecule has 0 unspecified atom stereocenters.